The molecule has 7 heteroatoms. The van der Waals surface area contributed by atoms with E-state index in [1.807, 2.05) is 13.0 Å². The Bertz CT molecular complexity index is 990. The van der Waals surface area contributed by atoms with Crippen LogP contribution in [0.3, 0.4) is 0 Å². The predicted octanol–water partition coefficient (Wildman–Crippen LogP) is 3.30. The third-order valence-corrected chi connectivity index (χ3v) is 5.14. The monoisotopic (exact) mass is 361 g/mol. The number of nitrogens with one attached hydrogen (secondary N) is 3. The molecule has 1 atom stereocenters. The van der Waals surface area contributed by atoms with Crippen molar-refractivity contribution in [2.75, 3.05) is 10.6 Å². The van der Waals surface area contributed by atoms with Gasteiger partial charge in [0.15, 0.2) is 0 Å². The Morgan fingerprint density at radius 1 is 1.04 bits per heavy atom. The number of aromatic amines is 1. The smallest absolute Gasteiger partial charge is 0.229 e. The lowest BCUT2D eigenvalue weighted by atomic mass is 10.1. The number of aromatic nitrogens is 4. The van der Waals surface area contributed by atoms with Gasteiger partial charge in [-0.1, -0.05) is 6.07 Å². The molecule has 7 nitrogen and oxygen atoms in total. The van der Waals surface area contributed by atoms with Gasteiger partial charge in [0.1, 0.15) is 11.6 Å². The summed E-state index contributed by atoms with van der Waals surface area (Å²) in [5.41, 5.74) is 11.7. The number of anilines is 4. The molecule has 0 radical (unpaired) electrons. The van der Waals surface area contributed by atoms with Crippen LogP contribution in [0.25, 0.3) is 0 Å². The van der Waals surface area contributed by atoms with Gasteiger partial charge in [0.2, 0.25) is 5.95 Å². The molecule has 0 saturated heterocycles. The number of hydrogen-bond donors (Lipinski definition) is 4. The molecule has 0 bridgehead atoms. The molecule has 1 aromatic carbocycles. The highest BCUT2D eigenvalue weighted by atomic mass is 15.2. The van der Waals surface area contributed by atoms with Gasteiger partial charge < -0.3 is 16.4 Å². The number of nitrogens with zero attached hydrogens (tertiary/aromatic N) is 3. The van der Waals surface area contributed by atoms with E-state index in [1.54, 1.807) is 0 Å². The van der Waals surface area contributed by atoms with Crippen LogP contribution in [0.15, 0.2) is 30.3 Å². The van der Waals surface area contributed by atoms with Gasteiger partial charge in [-0.05, 0) is 55.9 Å². The van der Waals surface area contributed by atoms with Crippen LogP contribution in [0.2, 0.25) is 0 Å². The zero-order valence-electron chi connectivity index (χ0n) is 15.3. The summed E-state index contributed by atoms with van der Waals surface area (Å²) in [6.07, 6.45) is 4.35. The Morgan fingerprint density at radius 3 is 2.74 bits per heavy atom. The quantitative estimate of drug-likeness (QED) is 0.556. The van der Waals surface area contributed by atoms with Gasteiger partial charge in [0.25, 0.3) is 0 Å². The van der Waals surface area contributed by atoms with Crippen molar-refractivity contribution in [2.24, 2.45) is 5.73 Å². The van der Waals surface area contributed by atoms with Crippen LogP contribution in [0.1, 0.15) is 41.3 Å². The summed E-state index contributed by atoms with van der Waals surface area (Å²) in [5, 5.41) is 14.0. The minimum atomic E-state index is 0.233. The first-order chi connectivity index (χ1) is 13.1. The fraction of sp³-hybridized carbons (Fsp3) is 0.350. The first-order valence-electron chi connectivity index (χ1n) is 9.45. The van der Waals surface area contributed by atoms with Crippen molar-refractivity contribution in [3.05, 3.63) is 52.8 Å². The van der Waals surface area contributed by atoms with E-state index in [-0.39, 0.29) is 6.04 Å². The van der Waals surface area contributed by atoms with Gasteiger partial charge in [-0.3, -0.25) is 5.10 Å². The average Bonchev–Trinajstić information content (AvgIpc) is 3.25. The van der Waals surface area contributed by atoms with Crippen molar-refractivity contribution in [3.8, 4) is 0 Å². The number of nitrogens with two attached hydrogens (primary N) is 1. The second kappa shape index (κ2) is 6.35. The molecule has 1 saturated carbocycles. The maximum Gasteiger partial charge on any atom is 0.229 e. The molecule has 27 heavy (non-hydrogen) atoms. The van der Waals surface area contributed by atoms with E-state index in [0.29, 0.717) is 11.9 Å². The van der Waals surface area contributed by atoms with Gasteiger partial charge in [-0.15, -0.1) is 0 Å². The molecule has 1 unspecified atom stereocenters. The summed E-state index contributed by atoms with van der Waals surface area (Å²) in [7, 11) is 0. The van der Waals surface area contributed by atoms with Crippen molar-refractivity contribution in [2.45, 2.75) is 44.6 Å². The van der Waals surface area contributed by atoms with Crippen LogP contribution in [-0.4, -0.2) is 26.2 Å². The van der Waals surface area contributed by atoms with E-state index in [1.165, 1.54) is 24.0 Å². The lowest BCUT2D eigenvalue weighted by Crippen LogP contribution is -2.18. The van der Waals surface area contributed by atoms with Gasteiger partial charge in [0, 0.05) is 35.5 Å². The fourth-order valence-electron chi connectivity index (χ4n) is 3.67. The lowest BCUT2D eigenvalue weighted by molar-refractivity contribution is 0.721. The topological polar surface area (TPSA) is 105 Å². The SMILES string of the molecule is Cc1cc(Nc2cc(C3CC3)n[nH]2)nc(Nc2ccc3c(c2)CC(N)C3)n1. The molecule has 138 valence electrons. The zero-order valence-corrected chi connectivity index (χ0v) is 15.3. The van der Waals surface area contributed by atoms with Crippen LogP contribution in [-0.2, 0) is 12.8 Å². The first kappa shape index (κ1) is 16.3. The second-order valence-corrected chi connectivity index (χ2v) is 7.60. The van der Waals surface area contributed by atoms with Crippen LogP contribution in [0.4, 0.5) is 23.3 Å². The van der Waals surface area contributed by atoms with Crippen molar-refractivity contribution >= 4 is 23.3 Å². The van der Waals surface area contributed by atoms with Gasteiger partial charge >= 0.3 is 0 Å². The molecular formula is C20H23N7. The normalized spacial score (nSPS) is 18.4. The van der Waals surface area contributed by atoms with Crippen LogP contribution in [0, 0.1) is 6.92 Å². The minimum absolute atomic E-state index is 0.233. The van der Waals surface area contributed by atoms with E-state index < -0.39 is 0 Å². The van der Waals surface area contributed by atoms with Crippen LogP contribution in [0.5, 0.6) is 0 Å². The molecule has 0 aliphatic heterocycles. The highest BCUT2D eigenvalue weighted by molar-refractivity contribution is 5.60. The number of rotatable bonds is 5. The standard InChI is InChI=1S/C20H23N7/c1-11-6-18(24-19-10-17(26-27-19)12-2-3-12)25-20(22-11)23-16-5-4-13-7-15(21)8-14(13)9-16/h4-6,9-10,12,15H,2-3,7-8,21H2,1H3,(H3,22,23,24,25,26,27). The lowest BCUT2D eigenvalue weighted by Gasteiger charge is -2.10. The van der Waals surface area contributed by atoms with E-state index in [0.717, 1.165) is 41.6 Å². The fourth-order valence-corrected chi connectivity index (χ4v) is 3.67. The summed E-state index contributed by atoms with van der Waals surface area (Å²) in [4.78, 5) is 9.11. The summed E-state index contributed by atoms with van der Waals surface area (Å²) < 4.78 is 0. The largest absolute Gasteiger partial charge is 0.327 e. The number of aryl methyl sites for hydroxylation is 1. The molecule has 2 heterocycles. The van der Waals surface area contributed by atoms with Crippen LogP contribution < -0.4 is 16.4 Å². The van der Waals surface area contributed by atoms with E-state index in [4.69, 9.17) is 5.73 Å². The molecule has 3 aromatic rings. The Morgan fingerprint density at radius 2 is 1.89 bits per heavy atom. The Kier molecular flexibility index (Phi) is 3.82. The molecule has 1 fully saturated rings. The maximum absolute atomic E-state index is 6.06. The molecule has 5 N–H and O–H groups in total. The van der Waals surface area contributed by atoms with E-state index >= 15 is 0 Å². The van der Waals surface area contributed by atoms with Crippen molar-refractivity contribution in [3.63, 3.8) is 0 Å². The summed E-state index contributed by atoms with van der Waals surface area (Å²) in [6.45, 7) is 1.96. The van der Waals surface area contributed by atoms with Gasteiger partial charge in [-0.25, -0.2) is 4.98 Å². The molecule has 5 rings (SSSR count). The number of benzene rings is 1. The van der Waals surface area contributed by atoms with E-state index in [2.05, 4.69) is 55.1 Å². The Labute approximate surface area is 157 Å². The molecule has 0 amide bonds. The summed E-state index contributed by atoms with van der Waals surface area (Å²) in [5.74, 6) is 2.78. The summed E-state index contributed by atoms with van der Waals surface area (Å²) >= 11 is 0. The molecule has 2 aliphatic rings. The number of fused-ring (bicyclic) bond motifs is 1. The Hall–Kier alpha value is -2.93. The Balaban J connectivity index is 1.34. The first-order valence-corrected chi connectivity index (χ1v) is 9.45. The molecule has 2 aromatic heterocycles. The second-order valence-electron chi connectivity index (χ2n) is 7.60. The highest BCUT2D eigenvalue weighted by Crippen LogP contribution is 2.39. The third-order valence-electron chi connectivity index (χ3n) is 5.14. The molecule has 2 aliphatic carbocycles. The maximum atomic E-state index is 6.06. The highest BCUT2D eigenvalue weighted by Gasteiger charge is 2.26. The molecule has 0 spiro atoms. The van der Waals surface area contributed by atoms with Crippen molar-refractivity contribution in [1.82, 2.24) is 20.2 Å². The zero-order chi connectivity index (χ0) is 18.4. The van der Waals surface area contributed by atoms with Crippen molar-refractivity contribution < 1.29 is 0 Å². The molecular weight excluding hydrogens is 338 g/mol. The van der Waals surface area contributed by atoms with Crippen molar-refractivity contribution in [1.29, 1.82) is 0 Å². The van der Waals surface area contributed by atoms with Gasteiger partial charge in [-0.2, -0.15) is 10.1 Å². The average molecular weight is 361 g/mol. The predicted molar refractivity (Wildman–Crippen MR) is 106 cm³/mol. The number of H-pyrrole nitrogens is 1. The van der Waals surface area contributed by atoms with Crippen LogP contribution >= 0.6 is 0 Å². The van der Waals surface area contributed by atoms with Gasteiger partial charge in [0.05, 0.1) is 5.69 Å². The number of hydrogen-bond acceptors (Lipinski definition) is 6. The third kappa shape index (κ3) is 3.50. The van der Waals surface area contributed by atoms with E-state index in [9.17, 15) is 0 Å². The minimum Gasteiger partial charge on any atom is -0.327 e. The summed E-state index contributed by atoms with van der Waals surface area (Å²) in [6, 6.07) is 10.6.